The lowest BCUT2D eigenvalue weighted by atomic mass is 10.1. The quantitative estimate of drug-likeness (QED) is 0.207. The Kier molecular flexibility index (Phi) is 11.4. The van der Waals surface area contributed by atoms with E-state index in [4.69, 9.17) is 14.0 Å². The van der Waals surface area contributed by atoms with Gasteiger partial charge in [0.05, 0.1) is 13.2 Å². The van der Waals surface area contributed by atoms with Crippen LogP contribution in [0.1, 0.15) is 25.2 Å². The van der Waals surface area contributed by atoms with Gasteiger partial charge in [0.1, 0.15) is 5.69 Å². The number of halogens is 1. The first-order valence-electron chi connectivity index (χ1n) is 10.8. The SMILES string of the molecule is CCOc1ccc(CCNC(=NC)NCCc2noc(-c3ccccn3)n2)cc1OCC.I. The third-order valence-electron chi connectivity index (χ3n) is 4.53. The maximum atomic E-state index is 5.70. The van der Waals surface area contributed by atoms with E-state index in [9.17, 15) is 0 Å². The van der Waals surface area contributed by atoms with Crippen LogP contribution in [-0.2, 0) is 12.8 Å². The number of guanidine groups is 1. The second kappa shape index (κ2) is 14.3. The van der Waals surface area contributed by atoms with E-state index >= 15 is 0 Å². The monoisotopic (exact) mass is 566 g/mol. The Morgan fingerprint density at radius 1 is 1.00 bits per heavy atom. The van der Waals surface area contributed by atoms with Gasteiger partial charge in [0.2, 0.25) is 0 Å². The van der Waals surface area contributed by atoms with Crippen molar-refractivity contribution in [1.82, 2.24) is 25.8 Å². The summed E-state index contributed by atoms with van der Waals surface area (Å²) in [5, 5.41) is 10.6. The number of pyridine rings is 1. The van der Waals surface area contributed by atoms with Gasteiger partial charge in [0.15, 0.2) is 23.3 Å². The number of rotatable bonds is 11. The molecule has 0 aliphatic rings. The molecule has 178 valence electrons. The number of nitrogens with zero attached hydrogens (tertiary/aromatic N) is 4. The van der Waals surface area contributed by atoms with E-state index in [1.807, 2.05) is 44.2 Å². The number of aromatic nitrogens is 3. The van der Waals surface area contributed by atoms with Crippen molar-refractivity contribution in [3.05, 3.63) is 54.0 Å². The summed E-state index contributed by atoms with van der Waals surface area (Å²) >= 11 is 0. The van der Waals surface area contributed by atoms with Crippen molar-refractivity contribution in [3.63, 3.8) is 0 Å². The van der Waals surface area contributed by atoms with E-state index in [0.29, 0.717) is 43.6 Å². The second-order valence-corrected chi connectivity index (χ2v) is 6.80. The fourth-order valence-corrected chi connectivity index (χ4v) is 3.04. The summed E-state index contributed by atoms with van der Waals surface area (Å²) in [5.74, 6) is 3.31. The Morgan fingerprint density at radius 2 is 1.76 bits per heavy atom. The molecular weight excluding hydrogens is 535 g/mol. The molecule has 0 saturated heterocycles. The highest BCUT2D eigenvalue weighted by molar-refractivity contribution is 14.0. The van der Waals surface area contributed by atoms with Crippen molar-refractivity contribution in [2.45, 2.75) is 26.7 Å². The van der Waals surface area contributed by atoms with Crippen molar-refractivity contribution in [2.75, 3.05) is 33.4 Å². The molecule has 3 aromatic rings. The van der Waals surface area contributed by atoms with Gasteiger partial charge in [-0.2, -0.15) is 4.98 Å². The zero-order valence-corrected chi connectivity index (χ0v) is 21.5. The highest BCUT2D eigenvalue weighted by Crippen LogP contribution is 2.28. The summed E-state index contributed by atoms with van der Waals surface area (Å²) in [7, 11) is 1.74. The minimum absolute atomic E-state index is 0. The molecule has 33 heavy (non-hydrogen) atoms. The highest BCUT2D eigenvalue weighted by atomic mass is 127. The van der Waals surface area contributed by atoms with Crippen LogP contribution in [0.5, 0.6) is 11.5 Å². The van der Waals surface area contributed by atoms with Crippen molar-refractivity contribution in [2.24, 2.45) is 4.99 Å². The second-order valence-electron chi connectivity index (χ2n) is 6.80. The van der Waals surface area contributed by atoms with Gasteiger partial charge in [-0.3, -0.25) is 9.98 Å². The molecule has 2 N–H and O–H groups in total. The van der Waals surface area contributed by atoms with Gasteiger partial charge in [-0.25, -0.2) is 0 Å². The maximum Gasteiger partial charge on any atom is 0.276 e. The van der Waals surface area contributed by atoms with Crippen molar-refractivity contribution in [1.29, 1.82) is 0 Å². The molecule has 0 bridgehead atoms. The van der Waals surface area contributed by atoms with Crippen LogP contribution in [0.4, 0.5) is 0 Å². The van der Waals surface area contributed by atoms with Crippen LogP contribution in [0.3, 0.4) is 0 Å². The van der Waals surface area contributed by atoms with Crippen molar-refractivity contribution in [3.8, 4) is 23.1 Å². The van der Waals surface area contributed by atoms with Gasteiger partial charge in [-0.05, 0) is 50.1 Å². The molecular formula is C23H31IN6O3. The summed E-state index contributed by atoms with van der Waals surface area (Å²) in [6.07, 6.45) is 3.13. The number of benzene rings is 1. The normalized spacial score (nSPS) is 10.9. The summed E-state index contributed by atoms with van der Waals surface area (Å²) in [5.41, 5.74) is 1.83. The summed E-state index contributed by atoms with van der Waals surface area (Å²) in [6, 6.07) is 11.6. The lowest BCUT2D eigenvalue weighted by Gasteiger charge is -2.14. The summed E-state index contributed by atoms with van der Waals surface area (Å²) < 4.78 is 16.6. The van der Waals surface area contributed by atoms with Gasteiger partial charge < -0.3 is 24.6 Å². The van der Waals surface area contributed by atoms with E-state index in [0.717, 1.165) is 36.0 Å². The fraction of sp³-hybridized carbons (Fsp3) is 0.391. The minimum Gasteiger partial charge on any atom is -0.490 e. The molecule has 2 aromatic heterocycles. The molecule has 0 unspecified atom stereocenters. The molecule has 0 atom stereocenters. The number of nitrogens with one attached hydrogen (secondary N) is 2. The predicted octanol–water partition coefficient (Wildman–Crippen LogP) is 3.50. The summed E-state index contributed by atoms with van der Waals surface area (Å²) in [6.45, 7) is 6.49. The van der Waals surface area contributed by atoms with Crippen molar-refractivity contribution >= 4 is 29.9 Å². The van der Waals surface area contributed by atoms with Gasteiger partial charge in [-0.1, -0.05) is 17.3 Å². The number of ether oxygens (including phenoxy) is 2. The lowest BCUT2D eigenvalue weighted by Crippen LogP contribution is -2.39. The number of aliphatic imine (C=N–C) groups is 1. The molecule has 0 radical (unpaired) electrons. The van der Waals surface area contributed by atoms with Crippen LogP contribution < -0.4 is 20.1 Å². The standard InChI is InChI=1S/C23H30N6O3.HI/c1-4-30-19-10-9-17(16-20(19)31-5-2)11-14-26-23(24-3)27-15-12-21-28-22(32-29-21)18-8-6-7-13-25-18;/h6-10,13,16H,4-5,11-12,14-15H2,1-3H3,(H2,24,26,27);1H. The average molecular weight is 566 g/mol. The van der Waals surface area contributed by atoms with Crippen LogP contribution in [0.2, 0.25) is 0 Å². The van der Waals surface area contributed by atoms with E-state index in [1.165, 1.54) is 0 Å². The molecule has 3 rings (SSSR count). The van der Waals surface area contributed by atoms with Crippen LogP contribution in [0.15, 0.2) is 52.1 Å². The Balaban J connectivity index is 0.00000385. The lowest BCUT2D eigenvalue weighted by molar-refractivity contribution is 0.287. The third-order valence-corrected chi connectivity index (χ3v) is 4.53. The first-order chi connectivity index (χ1) is 15.7. The molecule has 10 heteroatoms. The molecule has 0 fully saturated rings. The Bertz CT molecular complexity index is 997. The molecule has 0 aliphatic carbocycles. The first kappa shape index (κ1) is 26.4. The predicted molar refractivity (Wildman–Crippen MR) is 138 cm³/mol. The van der Waals surface area contributed by atoms with Crippen molar-refractivity contribution < 1.29 is 14.0 Å². The smallest absolute Gasteiger partial charge is 0.276 e. The van der Waals surface area contributed by atoms with E-state index in [2.05, 4.69) is 36.8 Å². The van der Waals surface area contributed by atoms with Crippen LogP contribution >= 0.6 is 24.0 Å². The Labute approximate surface area is 211 Å². The van der Waals surface area contributed by atoms with E-state index in [1.54, 1.807) is 13.2 Å². The third kappa shape index (κ3) is 8.19. The Hall–Kier alpha value is -2.89. The van der Waals surface area contributed by atoms with Crippen LogP contribution in [-0.4, -0.2) is 54.4 Å². The topological polar surface area (TPSA) is 107 Å². The first-order valence-corrected chi connectivity index (χ1v) is 10.8. The largest absolute Gasteiger partial charge is 0.490 e. The van der Waals surface area contributed by atoms with Gasteiger partial charge >= 0.3 is 0 Å². The van der Waals surface area contributed by atoms with Gasteiger partial charge in [0.25, 0.3) is 5.89 Å². The zero-order chi connectivity index (χ0) is 22.6. The zero-order valence-electron chi connectivity index (χ0n) is 19.2. The molecule has 1 aromatic carbocycles. The van der Waals surface area contributed by atoms with Crippen LogP contribution in [0.25, 0.3) is 11.6 Å². The molecule has 0 aliphatic heterocycles. The average Bonchev–Trinajstić information content (AvgIpc) is 3.29. The minimum atomic E-state index is 0. The summed E-state index contributed by atoms with van der Waals surface area (Å²) in [4.78, 5) is 12.9. The molecule has 2 heterocycles. The molecule has 0 saturated carbocycles. The molecule has 0 amide bonds. The number of hydrogen-bond donors (Lipinski definition) is 2. The molecule has 9 nitrogen and oxygen atoms in total. The van der Waals surface area contributed by atoms with Gasteiger partial charge in [-0.15, -0.1) is 24.0 Å². The highest BCUT2D eigenvalue weighted by Gasteiger charge is 2.10. The van der Waals surface area contributed by atoms with E-state index < -0.39 is 0 Å². The number of hydrogen-bond acceptors (Lipinski definition) is 7. The van der Waals surface area contributed by atoms with E-state index in [-0.39, 0.29) is 24.0 Å². The van der Waals surface area contributed by atoms with Gasteiger partial charge in [0, 0.05) is 32.8 Å². The maximum absolute atomic E-state index is 5.70. The van der Waals surface area contributed by atoms with Crippen LogP contribution in [0, 0.1) is 0 Å². The molecule has 0 spiro atoms. The Morgan fingerprint density at radius 3 is 2.45 bits per heavy atom. The fourth-order valence-electron chi connectivity index (χ4n) is 3.04.